The lowest BCUT2D eigenvalue weighted by Crippen LogP contribution is -2.31. The number of hydrogen-bond donors (Lipinski definition) is 4. The zero-order valence-corrected chi connectivity index (χ0v) is 16.7. The van der Waals surface area contributed by atoms with Gasteiger partial charge in [0.05, 0.1) is 14.5 Å². The summed E-state index contributed by atoms with van der Waals surface area (Å²) in [5.41, 5.74) is 13.0. The first-order chi connectivity index (χ1) is 9.49. The molecule has 1 heterocycles. The van der Waals surface area contributed by atoms with Crippen LogP contribution in [0.4, 0.5) is 5.95 Å². The Morgan fingerprint density at radius 3 is 2.30 bits per heavy atom. The number of nitrogens with one attached hydrogen (secondary N) is 2. The van der Waals surface area contributed by atoms with E-state index in [9.17, 15) is 0 Å². The summed E-state index contributed by atoms with van der Waals surface area (Å²) in [6.45, 7) is 1.09. The molecule has 1 atom stereocenters. The van der Waals surface area contributed by atoms with Crippen molar-refractivity contribution in [3.05, 3.63) is 17.9 Å². The number of benzene rings is 1. The topological polar surface area (TPSA) is 92.8 Å². The van der Waals surface area contributed by atoms with Gasteiger partial charge in [0.25, 0.3) is 0 Å². The molecule has 20 heavy (non-hydrogen) atoms. The van der Waals surface area contributed by atoms with Gasteiger partial charge in [0.15, 0.2) is 0 Å². The van der Waals surface area contributed by atoms with E-state index in [-0.39, 0.29) is 6.04 Å². The fraction of sp³-hybridized carbons (Fsp3) is 0.364. The molecule has 110 valence electrons. The van der Waals surface area contributed by atoms with Crippen LogP contribution in [-0.4, -0.2) is 29.1 Å². The molecule has 0 spiro atoms. The van der Waals surface area contributed by atoms with Crippen molar-refractivity contribution < 1.29 is 0 Å². The fourth-order valence-corrected chi connectivity index (χ4v) is 4.09. The number of halogens is 4. The maximum Gasteiger partial charge on any atom is 0.201 e. The van der Waals surface area contributed by atoms with Crippen molar-refractivity contribution in [1.82, 2.24) is 9.97 Å². The molecule has 0 aliphatic carbocycles. The standard InChI is InChI=1S/C11H13Br4N5/c12-5-6(13)8(15)10-9(7(5)14)19-11(20-10)18-4(3-17)1-2-16/h4H,1-3,16-17H2,(H2,18,19,20). The molecule has 0 aliphatic heterocycles. The van der Waals surface area contributed by atoms with Crippen molar-refractivity contribution in [3.63, 3.8) is 0 Å². The van der Waals surface area contributed by atoms with Gasteiger partial charge in [-0.25, -0.2) is 4.98 Å². The van der Waals surface area contributed by atoms with E-state index in [0.717, 1.165) is 35.3 Å². The summed E-state index contributed by atoms with van der Waals surface area (Å²) in [6, 6.07) is 0.102. The highest BCUT2D eigenvalue weighted by Crippen LogP contribution is 2.42. The Kier molecular flexibility index (Phi) is 5.89. The van der Waals surface area contributed by atoms with Gasteiger partial charge in [0.2, 0.25) is 5.95 Å². The second kappa shape index (κ2) is 7.06. The molecule has 1 aromatic carbocycles. The lowest BCUT2D eigenvalue weighted by molar-refractivity contribution is 0.665. The van der Waals surface area contributed by atoms with Crippen molar-refractivity contribution in [3.8, 4) is 0 Å². The lowest BCUT2D eigenvalue weighted by Gasteiger charge is -2.14. The average Bonchev–Trinajstić information content (AvgIpc) is 2.86. The Labute approximate surface area is 150 Å². The summed E-state index contributed by atoms with van der Waals surface area (Å²) in [7, 11) is 0. The first-order valence-corrected chi connectivity index (χ1v) is 9.05. The predicted molar refractivity (Wildman–Crippen MR) is 97.0 cm³/mol. The molecule has 0 bridgehead atoms. The third kappa shape index (κ3) is 3.22. The van der Waals surface area contributed by atoms with Gasteiger partial charge in [-0.1, -0.05) is 0 Å². The molecular weight excluding hydrogens is 522 g/mol. The second-order valence-corrected chi connectivity index (χ2v) is 7.39. The molecular formula is C11H13Br4N5. The normalized spacial score (nSPS) is 12.9. The summed E-state index contributed by atoms with van der Waals surface area (Å²) in [5, 5.41) is 3.27. The third-order valence-corrected chi connectivity index (χ3v) is 7.60. The fourth-order valence-electron chi connectivity index (χ4n) is 1.81. The lowest BCUT2D eigenvalue weighted by atomic mass is 10.2. The summed E-state index contributed by atoms with van der Waals surface area (Å²) in [5.74, 6) is 0.676. The van der Waals surface area contributed by atoms with E-state index < -0.39 is 0 Å². The maximum atomic E-state index is 5.72. The molecule has 1 aromatic heterocycles. The largest absolute Gasteiger partial charge is 0.352 e. The van der Waals surface area contributed by atoms with Crippen LogP contribution in [0.1, 0.15) is 6.42 Å². The Hall–Kier alpha value is 0.330. The number of imidazole rings is 1. The van der Waals surface area contributed by atoms with E-state index in [1.54, 1.807) is 0 Å². The van der Waals surface area contributed by atoms with Gasteiger partial charge in [-0.3, -0.25) is 0 Å². The van der Waals surface area contributed by atoms with Crippen molar-refractivity contribution in [1.29, 1.82) is 0 Å². The predicted octanol–water partition coefficient (Wildman–Crippen LogP) is 3.70. The Balaban J connectivity index is 2.43. The van der Waals surface area contributed by atoms with Gasteiger partial charge < -0.3 is 21.8 Å². The number of nitrogens with two attached hydrogens (primary N) is 2. The summed E-state index contributed by atoms with van der Waals surface area (Å²) >= 11 is 14.1. The summed E-state index contributed by atoms with van der Waals surface area (Å²) < 4.78 is 3.62. The number of H-pyrrole nitrogens is 1. The van der Waals surface area contributed by atoms with E-state index in [1.165, 1.54) is 0 Å². The first-order valence-electron chi connectivity index (χ1n) is 5.87. The van der Waals surface area contributed by atoms with Crippen LogP contribution in [0.5, 0.6) is 0 Å². The van der Waals surface area contributed by atoms with E-state index in [0.29, 0.717) is 19.0 Å². The first kappa shape index (κ1) is 16.7. The van der Waals surface area contributed by atoms with E-state index >= 15 is 0 Å². The number of aromatic nitrogens is 2. The monoisotopic (exact) mass is 531 g/mol. The van der Waals surface area contributed by atoms with Crippen molar-refractivity contribution in [2.24, 2.45) is 11.5 Å². The number of fused-ring (bicyclic) bond motifs is 1. The van der Waals surface area contributed by atoms with Gasteiger partial charge in [-0.2, -0.15) is 0 Å². The SMILES string of the molecule is NCCC(CN)Nc1nc2c(Br)c(Br)c(Br)c(Br)c2[nH]1. The van der Waals surface area contributed by atoms with E-state index in [4.69, 9.17) is 11.5 Å². The molecule has 1 unspecified atom stereocenters. The van der Waals surface area contributed by atoms with Gasteiger partial charge in [-0.15, -0.1) is 0 Å². The third-order valence-electron chi connectivity index (χ3n) is 2.85. The van der Waals surface area contributed by atoms with Crippen molar-refractivity contribution in [2.75, 3.05) is 18.4 Å². The highest BCUT2D eigenvalue weighted by molar-refractivity contribution is 9.15. The maximum absolute atomic E-state index is 5.72. The molecule has 2 aromatic rings. The molecule has 0 saturated heterocycles. The molecule has 0 aliphatic rings. The van der Waals surface area contributed by atoms with Gasteiger partial charge in [0, 0.05) is 21.5 Å². The summed E-state index contributed by atoms with van der Waals surface area (Å²) in [6.07, 6.45) is 0.795. The Bertz CT molecular complexity index is 582. The van der Waals surface area contributed by atoms with Gasteiger partial charge in [0.1, 0.15) is 5.52 Å². The molecule has 0 amide bonds. The average molecular weight is 535 g/mol. The van der Waals surface area contributed by atoms with Crippen LogP contribution in [0, 0.1) is 0 Å². The molecule has 0 fully saturated rings. The smallest absolute Gasteiger partial charge is 0.201 e. The second-order valence-electron chi connectivity index (χ2n) is 4.22. The van der Waals surface area contributed by atoms with Crippen LogP contribution in [0.2, 0.25) is 0 Å². The van der Waals surface area contributed by atoms with Crippen molar-refractivity contribution in [2.45, 2.75) is 12.5 Å². The molecule has 0 saturated carbocycles. The van der Waals surface area contributed by atoms with Crippen LogP contribution in [0.3, 0.4) is 0 Å². The molecule has 0 radical (unpaired) electrons. The Morgan fingerprint density at radius 2 is 1.70 bits per heavy atom. The number of nitrogens with zero attached hydrogens (tertiary/aromatic N) is 1. The van der Waals surface area contributed by atoms with Crippen LogP contribution in [-0.2, 0) is 0 Å². The van der Waals surface area contributed by atoms with Crippen LogP contribution < -0.4 is 16.8 Å². The van der Waals surface area contributed by atoms with E-state index in [1.807, 2.05) is 0 Å². The van der Waals surface area contributed by atoms with Gasteiger partial charge in [-0.05, 0) is 76.7 Å². The molecule has 9 heteroatoms. The molecule has 6 N–H and O–H groups in total. The van der Waals surface area contributed by atoms with Crippen LogP contribution in [0.15, 0.2) is 17.9 Å². The number of anilines is 1. The highest BCUT2D eigenvalue weighted by atomic mass is 79.9. The quantitative estimate of drug-likeness (QED) is 0.348. The summed E-state index contributed by atoms with van der Waals surface area (Å²) in [4.78, 5) is 7.80. The van der Waals surface area contributed by atoms with Crippen LogP contribution in [0.25, 0.3) is 11.0 Å². The number of rotatable bonds is 5. The number of hydrogen-bond acceptors (Lipinski definition) is 4. The Morgan fingerprint density at radius 1 is 1.05 bits per heavy atom. The van der Waals surface area contributed by atoms with Crippen LogP contribution >= 0.6 is 63.7 Å². The minimum absolute atomic E-state index is 0.102. The highest BCUT2D eigenvalue weighted by Gasteiger charge is 2.18. The van der Waals surface area contributed by atoms with E-state index in [2.05, 4.69) is 79.0 Å². The molecule has 5 nitrogen and oxygen atoms in total. The van der Waals surface area contributed by atoms with Gasteiger partial charge >= 0.3 is 0 Å². The number of aromatic amines is 1. The molecule has 2 rings (SSSR count). The van der Waals surface area contributed by atoms with Crippen molar-refractivity contribution >= 4 is 80.7 Å². The minimum Gasteiger partial charge on any atom is -0.352 e. The zero-order chi connectivity index (χ0) is 14.9. The zero-order valence-electron chi connectivity index (χ0n) is 10.3. The minimum atomic E-state index is 0.102.